The average Bonchev–Trinajstić information content (AvgIpc) is 2.81. The van der Waals surface area contributed by atoms with Gasteiger partial charge in [0, 0.05) is 43.4 Å². The topological polar surface area (TPSA) is 58.6 Å². The van der Waals surface area contributed by atoms with Gasteiger partial charge in [-0.25, -0.2) is 18.7 Å². The molecule has 0 spiro atoms. The van der Waals surface area contributed by atoms with Crippen LogP contribution in [0.15, 0.2) is 54.9 Å². The first-order valence-electron chi connectivity index (χ1n) is 10.5. The quantitative estimate of drug-likeness (QED) is 0.589. The van der Waals surface area contributed by atoms with Crippen LogP contribution < -0.4 is 9.64 Å². The minimum absolute atomic E-state index is 0.0123. The van der Waals surface area contributed by atoms with Crippen LogP contribution in [-0.4, -0.2) is 46.5 Å². The molecule has 4 rings (SSSR count). The van der Waals surface area contributed by atoms with E-state index in [1.807, 2.05) is 41.0 Å². The predicted octanol–water partition coefficient (Wildman–Crippen LogP) is 4.46. The van der Waals surface area contributed by atoms with Gasteiger partial charge < -0.3 is 14.5 Å². The Kier molecular flexibility index (Phi) is 6.30. The highest BCUT2D eigenvalue weighted by molar-refractivity contribution is 5.94. The molecule has 0 N–H and O–H groups in total. The lowest BCUT2D eigenvalue weighted by Crippen LogP contribution is -2.54. The summed E-state index contributed by atoms with van der Waals surface area (Å²) >= 11 is 0. The number of hydrogen-bond acceptors (Lipinski definition) is 5. The van der Waals surface area contributed by atoms with Gasteiger partial charge in [0.05, 0.1) is 0 Å². The van der Waals surface area contributed by atoms with Gasteiger partial charge in [-0.05, 0) is 43.2 Å². The fraction of sp³-hybridized carbons (Fsp3) is 0.292. The van der Waals surface area contributed by atoms with Crippen molar-refractivity contribution < 1.29 is 18.3 Å². The largest absolute Gasteiger partial charge is 0.436 e. The molecule has 1 fully saturated rings. The maximum Gasteiger partial charge on any atom is 0.254 e. The number of halogens is 2. The molecule has 1 saturated heterocycles. The van der Waals surface area contributed by atoms with E-state index in [0.717, 1.165) is 18.6 Å². The van der Waals surface area contributed by atoms with Crippen LogP contribution in [0.1, 0.15) is 29.8 Å². The molecule has 1 aliphatic rings. The molecule has 1 atom stereocenters. The van der Waals surface area contributed by atoms with Crippen molar-refractivity contribution in [2.75, 3.05) is 24.5 Å². The summed E-state index contributed by atoms with van der Waals surface area (Å²) in [5, 5.41) is 0. The first-order valence-corrected chi connectivity index (χ1v) is 10.5. The van der Waals surface area contributed by atoms with E-state index in [1.54, 1.807) is 6.07 Å². The summed E-state index contributed by atoms with van der Waals surface area (Å²) in [6, 6.07) is 12.4. The summed E-state index contributed by atoms with van der Waals surface area (Å²) < 4.78 is 32.5. The number of anilines is 1. The van der Waals surface area contributed by atoms with Crippen molar-refractivity contribution in [3.63, 3.8) is 0 Å². The number of carbonyl (C=O) groups excluding carboxylic acids is 1. The molecule has 1 aromatic heterocycles. The molecule has 8 heteroatoms. The van der Waals surface area contributed by atoms with Gasteiger partial charge in [-0.3, -0.25) is 4.79 Å². The predicted molar refractivity (Wildman–Crippen MR) is 117 cm³/mol. The second-order valence-electron chi connectivity index (χ2n) is 7.74. The third kappa shape index (κ3) is 4.69. The van der Waals surface area contributed by atoms with E-state index >= 15 is 0 Å². The first kappa shape index (κ1) is 21.7. The maximum atomic E-state index is 13.9. The highest BCUT2D eigenvalue weighted by Gasteiger charge is 2.29. The van der Waals surface area contributed by atoms with Crippen molar-refractivity contribution in [2.24, 2.45) is 0 Å². The SMILES string of the molecule is CCc1ccc(C(=O)N2CCN(c3cc(Oc4ccc(F)cc4F)ncn3)CC2C)cc1. The normalized spacial score (nSPS) is 16.2. The van der Waals surface area contributed by atoms with E-state index in [4.69, 9.17) is 4.74 Å². The molecule has 32 heavy (non-hydrogen) atoms. The summed E-state index contributed by atoms with van der Waals surface area (Å²) in [5.74, 6) is -0.822. The first-order chi connectivity index (χ1) is 15.4. The molecular formula is C24H24F2N4O2. The standard InChI is InChI=1S/C24H24F2N4O2/c1-3-17-4-6-18(7-5-17)24(31)30-11-10-29(14-16(30)2)22-13-23(28-15-27-22)32-21-9-8-19(25)12-20(21)26/h4-9,12-13,15-16H,3,10-11,14H2,1-2H3. The molecule has 1 aliphatic heterocycles. The molecule has 2 heterocycles. The molecule has 3 aromatic rings. The van der Waals surface area contributed by atoms with Gasteiger partial charge in [0.1, 0.15) is 18.0 Å². The van der Waals surface area contributed by atoms with E-state index in [0.29, 0.717) is 31.0 Å². The zero-order valence-corrected chi connectivity index (χ0v) is 18.0. The van der Waals surface area contributed by atoms with Crippen molar-refractivity contribution in [1.29, 1.82) is 0 Å². The second kappa shape index (κ2) is 9.30. The molecule has 0 radical (unpaired) electrons. The van der Waals surface area contributed by atoms with Crippen LogP contribution in [-0.2, 0) is 6.42 Å². The lowest BCUT2D eigenvalue weighted by atomic mass is 10.1. The third-order valence-corrected chi connectivity index (χ3v) is 5.56. The van der Waals surface area contributed by atoms with Gasteiger partial charge >= 0.3 is 0 Å². The molecular weight excluding hydrogens is 414 g/mol. The molecule has 0 aliphatic carbocycles. The van der Waals surface area contributed by atoms with E-state index in [2.05, 4.69) is 16.9 Å². The Morgan fingerprint density at radius 3 is 2.56 bits per heavy atom. The molecule has 166 valence electrons. The van der Waals surface area contributed by atoms with Crippen LogP contribution in [0.25, 0.3) is 0 Å². The summed E-state index contributed by atoms with van der Waals surface area (Å²) in [4.78, 5) is 25.2. The van der Waals surface area contributed by atoms with Crippen LogP contribution in [0.5, 0.6) is 11.6 Å². The van der Waals surface area contributed by atoms with Gasteiger partial charge in [-0.15, -0.1) is 0 Å². The van der Waals surface area contributed by atoms with E-state index in [9.17, 15) is 13.6 Å². The van der Waals surface area contributed by atoms with E-state index in [-0.39, 0.29) is 23.6 Å². The lowest BCUT2D eigenvalue weighted by Gasteiger charge is -2.40. The summed E-state index contributed by atoms with van der Waals surface area (Å²) in [5.41, 5.74) is 1.88. The van der Waals surface area contributed by atoms with Crippen molar-refractivity contribution in [3.8, 4) is 11.6 Å². The van der Waals surface area contributed by atoms with Gasteiger partial charge in [-0.1, -0.05) is 19.1 Å². The summed E-state index contributed by atoms with van der Waals surface area (Å²) in [6.45, 7) is 5.79. The Hall–Kier alpha value is -3.55. The van der Waals surface area contributed by atoms with Crippen molar-refractivity contribution >= 4 is 11.7 Å². The number of rotatable bonds is 5. The van der Waals surface area contributed by atoms with Crippen molar-refractivity contribution in [1.82, 2.24) is 14.9 Å². The zero-order valence-electron chi connectivity index (χ0n) is 18.0. The Balaban J connectivity index is 1.43. The summed E-state index contributed by atoms with van der Waals surface area (Å²) in [6.07, 6.45) is 2.27. The van der Waals surface area contributed by atoms with Crippen LogP contribution >= 0.6 is 0 Å². The zero-order chi connectivity index (χ0) is 22.7. The molecule has 0 bridgehead atoms. The molecule has 6 nitrogen and oxygen atoms in total. The Morgan fingerprint density at radius 1 is 1.09 bits per heavy atom. The number of amides is 1. The Labute approximate surface area is 185 Å². The minimum atomic E-state index is -0.808. The second-order valence-corrected chi connectivity index (χ2v) is 7.74. The molecule has 2 aromatic carbocycles. The monoisotopic (exact) mass is 438 g/mol. The lowest BCUT2D eigenvalue weighted by molar-refractivity contribution is 0.0673. The number of carbonyl (C=O) groups is 1. The highest BCUT2D eigenvalue weighted by Crippen LogP contribution is 2.26. The van der Waals surface area contributed by atoms with Crippen LogP contribution in [0.4, 0.5) is 14.6 Å². The van der Waals surface area contributed by atoms with E-state index < -0.39 is 11.6 Å². The number of hydrogen-bond donors (Lipinski definition) is 0. The maximum absolute atomic E-state index is 13.9. The number of nitrogens with zero attached hydrogens (tertiary/aromatic N) is 4. The molecule has 1 unspecified atom stereocenters. The molecule has 0 saturated carbocycles. The highest BCUT2D eigenvalue weighted by atomic mass is 19.1. The van der Waals surface area contributed by atoms with E-state index in [1.165, 1.54) is 18.0 Å². The van der Waals surface area contributed by atoms with Crippen LogP contribution in [0.2, 0.25) is 0 Å². The number of benzene rings is 2. The van der Waals surface area contributed by atoms with Crippen LogP contribution in [0, 0.1) is 11.6 Å². The number of piperazine rings is 1. The van der Waals surface area contributed by atoms with Crippen molar-refractivity contribution in [2.45, 2.75) is 26.3 Å². The minimum Gasteiger partial charge on any atom is -0.436 e. The molecule has 1 amide bonds. The Bertz CT molecular complexity index is 1110. The van der Waals surface area contributed by atoms with Crippen molar-refractivity contribution in [3.05, 3.63) is 77.6 Å². The van der Waals surface area contributed by atoms with Crippen LogP contribution in [0.3, 0.4) is 0 Å². The van der Waals surface area contributed by atoms with Gasteiger partial charge in [0.2, 0.25) is 5.88 Å². The Morgan fingerprint density at radius 2 is 1.88 bits per heavy atom. The number of aromatic nitrogens is 2. The third-order valence-electron chi connectivity index (χ3n) is 5.56. The van der Waals surface area contributed by atoms with Gasteiger partial charge in [0.15, 0.2) is 11.6 Å². The number of ether oxygens (including phenoxy) is 1. The summed E-state index contributed by atoms with van der Waals surface area (Å²) in [7, 11) is 0. The fourth-order valence-corrected chi connectivity index (χ4v) is 3.75. The number of aryl methyl sites for hydroxylation is 1. The van der Waals surface area contributed by atoms with Gasteiger partial charge in [-0.2, -0.15) is 0 Å². The smallest absolute Gasteiger partial charge is 0.254 e. The average molecular weight is 438 g/mol. The fourth-order valence-electron chi connectivity index (χ4n) is 3.75. The van der Waals surface area contributed by atoms with Gasteiger partial charge in [0.25, 0.3) is 5.91 Å².